The molecule has 1 aromatic rings. The molecule has 0 aliphatic carbocycles. The lowest BCUT2D eigenvalue weighted by molar-refractivity contribution is -0.163. The number of aliphatic hydroxyl groups is 3. The number of carboxylic acid groups (broad SMARTS) is 2. The van der Waals surface area contributed by atoms with Crippen molar-refractivity contribution in [2.75, 3.05) is 18.8 Å². The van der Waals surface area contributed by atoms with E-state index in [-0.39, 0.29) is 5.82 Å². The molecule has 1 aliphatic rings. The number of aliphatic carboxylic acids is 2. The van der Waals surface area contributed by atoms with Gasteiger partial charge >= 0.3 is 17.6 Å². The Kier molecular flexibility index (Phi) is 5.89. The molecule has 0 saturated carbocycles. The van der Waals surface area contributed by atoms with Crippen LogP contribution in [0.4, 0.5) is 5.82 Å². The maximum Gasteiger partial charge on any atom is 0.351 e. The Bertz CT molecular complexity index is 723. The summed E-state index contributed by atoms with van der Waals surface area (Å²) in [6.07, 6.45) is -7.15. The normalized spacial score (nSPS) is 26.8. The number of aromatic nitrogens is 2. The second kappa shape index (κ2) is 7.76. The van der Waals surface area contributed by atoms with Crippen molar-refractivity contribution in [3.63, 3.8) is 0 Å². The van der Waals surface area contributed by atoms with Crippen molar-refractivity contribution < 1.29 is 39.9 Å². The lowest BCUT2D eigenvalue weighted by atomic mass is 10.1. The van der Waals surface area contributed by atoms with Crippen molar-refractivity contribution in [3.8, 4) is 0 Å². The van der Waals surface area contributed by atoms with Crippen LogP contribution in [-0.2, 0) is 14.3 Å². The average molecular weight is 374 g/mol. The molecule has 26 heavy (non-hydrogen) atoms. The van der Waals surface area contributed by atoms with Crippen molar-refractivity contribution in [2.45, 2.75) is 30.8 Å². The van der Waals surface area contributed by atoms with E-state index in [4.69, 9.17) is 20.7 Å². The fourth-order valence-corrected chi connectivity index (χ4v) is 2.58. The molecule has 1 aliphatic heterocycles. The highest BCUT2D eigenvalue weighted by Crippen LogP contribution is 2.31. The Morgan fingerprint density at radius 1 is 1.27 bits per heavy atom. The van der Waals surface area contributed by atoms with Crippen molar-refractivity contribution in [1.29, 1.82) is 0 Å². The molecular weight excluding hydrogens is 356 g/mol. The molecule has 1 fully saturated rings. The molecular formula is C13H18N4O9. The zero-order valence-corrected chi connectivity index (χ0v) is 13.2. The van der Waals surface area contributed by atoms with Crippen LogP contribution < -0.4 is 11.4 Å². The second-order valence-electron chi connectivity index (χ2n) is 5.62. The monoisotopic (exact) mass is 374 g/mol. The number of aliphatic hydroxyl groups excluding tert-OH is 3. The van der Waals surface area contributed by atoms with Gasteiger partial charge in [-0.2, -0.15) is 4.98 Å². The first-order valence-corrected chi connectivity index (χ1v) is 7.33. The summed E-state index contributed by atoms with van der Waals surface area (Å²) in [4.78, 5) is 37.6. The first-order valence-electron chi connectivity index (χ1n) is 7.33. The van der Waals surface area contributed by atoms with Gasteiger partial charge in [-0.15, -0.1) is 0 Å². The SMILES string of the molecule is Nc1ccn([C@@H]2O[C@H](C(O)N(CC(=O)O)CC(=O)O)[C@@H](O)[C@H]2O)c(=O)n1. The van der Waals surface area contributed by atoms with Gasteiger partial charge in [-0.05, 0) is 6.07 Å². The van der Waals surface area contributed by atoms with Gasteiger partial charge in [-0.3, -0.25) is 19.1 Å². The zero-order valence-electron chi connectivity index (χ0n) is 13.2. The summed E-state index contributed by atoms with van der Waals surface area (Å²) >= 11 is 0. The van der Waals surface area contributed by atoms with Crippen LogP contribution in [-0.4, -0.2) is 89.6 Å². The smallest absolute Gasteiger partial charge is 0.351 e. The van der Waals surface area contributed by atoms with Gasteiger partial charge in [0.1, 0.15) is 30.4 Å². The minimum Gasteiger partial charge on any atom is -0.480 e. The molecule has 0 aromatic carbocycles. The fraction of sp³-hybridized carbons (Fsp3) is 0.538. The second-order valence-corrected chi connectivity index (χ2v) is 5.62. The first-order chi connectivity index (χ1) is 12.1. The van der Waals surface area contributed by atoms with Gasteiger partial charge in [0.25, 0.3) is 0 Å². The molecule has 7 N–H and O–H groups in total. The van der Waals surface area contributed by atoms with E-state index in [0.29, 0.717) is 4.90 Å². The van der Waals surface area contributed by atoms with Gasteiger partial charge in [0.15, 0.2) is 6.23 Å². The van der Waals surface area contributed by atoms with Gasteiger partial charge in [-0.25, -0.2) is 4.79 Å². The predicted molar refractivity (Wildman–Crippen MR) is 81.7 cm³/mol. The molecule has 13 nitrogen and oxygen atoms in total. The van der Waals surface area contributed by atoms with Crippen LogP contribution in [0.15, 0.2) is 17.1 Å². The molecule has 5 atom stereocenters. The highest BCUT2D eigenvalue weighted by atomic mass is 16.6. The van der Waals surface area contributed by atoms with E-state index in [1.807, 2.05) is 0 Å². The van der Waals surface area contributed by atoms with Crippen molar-refractivity contribution in [2.24, 2.45) is 0 Å². The molecule has 2 rings (SSSR count). The summed E-state index contributed by atoms with van der Waals surface area (Å²) in [5.74, 6) is -2.92. The highest BCUT2D eigenvalue weighted by Gasteiger charge is 2.49. The van der Waals surface area contributed by atoms with Crippen LogP contribution in [0.25, 0.3) is 0 Å². The average Bonchev–Trinajstić information content (AvgIpc) is 2.81. The molecule has 2 heterocycles. The zero-order chi connectivity index (χ0) is 19.6. The summed E-state index contributed by atoms with van der Waals surface area (Å²) in [7, 11) is 0. The Hall–Kier alpha value is -2.58. The van der Waals surface area contributed by atoms with Crippen molar-refractivity contribution in [1.82, 2.24) is 14.5 Å². The summed E-state index contributed by atoms with van der Waals surface area (Å²) < 4.78 is 6.13. The molecule has 144 valence electrons. The van der Waals surface area contributed by atoms with Crippen LogP contribution in [0.3, 0.4) is 0 Å². The summed E-state index contributed by atoms with van der Waals surface area (Å²) in [5, 5.41) is 48.1. The minimum absolute atomic E-state index is 0.0787. The molecule has 0 bridgehead atoms. The number of ether oxygens (including phenoxy) is 1. The van der Waals surface area contributed by atoms with E-state index >= 15 is 0 Å². The third kappa shape index (κ3) is 4.14. The van der Waals surface area contributed by atoms with E-state index in [0.717, 1.165) is 10.8 Å². The fourth-order valence-electron chi connectivity index (χ4n) is 2.58. The third-order valence-electron chi connectivity index (χ3n) is 3.75. The molecule has 0 radical (unpaired) electrons. The lowest BCUT2D eigenvalue weighted by Crippen LogP contribution is -2.52. The Labute approximate surface area is 145 Å². The number of hydrogen-bond donors (Lipinski definition) is 6. The number of rotatable bonds is 7. The van der Waals surface area contributed by atoms with Crippen LogP contribution in [0, 0.1) is 0 Å². The van der Waals surface area contributed by atoms with Crippen LogP contribution in [0.5, 0.6) is 0 Å². The van der Waals surface area contributed by atoms with E-state index in [1.54, 1.807) is 0 Å². The van der Waals surface area contributed by atoms with Crippen molar-refractivity contribution in [3.05, 3.63) is 22.7 Å². The maximum absolute atomic E-state index is 11.9. The molecule has 1 aromatic heterocycles. The van der Waals surface area contributed by atoms with E-state index in [2.05, 4.69) is 4.98 Å². The standard InChI is InChI=1S/C13H18N4O9/c14-5-1-2-17(13(25)15-5)12-9(23)8(22)10(26-12)11(24)16(3-6(18)19)4-7(20)21/h1-2,8-12,22-24H,3-4H2,(H,18,19)(H,20,21)(H2,14,15,25)/t8-,9+,10-,11?,12+/m0/s1. The van der Waals surface area contributed by atoms with Gasteiger partial charge in [0.2, 0.25) is 0 Å². The number of nitrogens with zero attached hydrogens (tertiary/aromatic N) is 3. The van der Waals surface area contributed by atoms with Gasteiger partial charge < -0.3 is 36.0 Å². The number of carboxylic acids is 2. The van der Waals surface area contributed by atoms with E-state index in [9.17, 15) is 29.7 Å². The van der Waals surface area contributed by atoms with Crippen LogP contribution in [0.2, 0.25) is 0 Å². The number of nitrogens with two attached hydrogens (primary N) is 1. The largest absolute Gasteiger partial charge is 0.480 e. The molecule has 0 spiro atoms. The molecule has 13 heteroatoms. The van der Waals surface area contributed by atoms with Gasteiger partial charge in [-0.1, -0.05) is 0 Å². The number of nitrogen functional groups attached to an aromatic ring is 1. The van der Waals surface area contributed by atoms with Gasteiger partial charge in [0.05, 0.1) is 13.1 Å². The predicted octanol–water partition coefficient (Wildman–Crippen LogP) is -3.77. The Morgan fingerprint density at radius 3 is 2.35 bits per heavy atom. The minimum atomic E-state index is -1.88. The summed E-state index contributed by atoms with van der Waals surface area (Å²) in [5.41, 5.74) is 4.48. The topological polar surface area (TPSA) is 209 Å². The Morgan fingerprint density at radius 2 is 1.85 bits per heavy atom. The van der Waals surface area contributed by atoms with Crippen molar-refractivity contribution >= 4 is 17.8 Å². The van der Waals surface area contributed by atoms with E-state index in [1.165, 1.54) is 6.07 Å². The molecule has 0 amide bonds. The summed E-state index contributed by atoms with van der Waals surface area (Å²) in [6.45, 7) is -1.71. The first kappa shape index (κ1) is 19.7. The quantitative estimate of drug-likeness (QED) is 0.254. The Balaban J connectivity index is 2.25. The summed E-state index contributed by atoms with van der Waals surface area (Å²) in [6, 6.07) is 1.24. The molecule has 1 unspecified atom stereocenters. The lowest BCUT2D eigenvalue weighted by Gasteiger charge is -2.30. The number of carbonyl (C=O) groups is 2. The number of hydrogen-bond acceptors (Lipinski definition) is 10. The van der Waals surface area contributed by atoms with Crippen LogP contribution >= 0.6 is 0 Å². The van der Waals surface area contributed by atoms with E-state index < -0.39 is 61.5 Å². The highest BCUT2D eigenvalue weighted by molar-refractivity contribution is 5.72. The van der Waals surface area contributed by atoms with Crippen LogP contribution in [0.1, 0.15) is 6.23 Å². The third-order valence-corrected chi connectivity index (χ3v) is 3.75. The maximum atomic E-state index is 11.9. The number of anilines is 1. The molecule has 1 saturated heterocycles. The van der Waals surface area contributed by atoms with Gasteiger partial charge in [0, 0.05) is 6.20 Å².